The highest BCUT2D eigenvalue weighted by Crippen LogP contribution is 2.14. The van der Waals surface area contributed by atoms with E-state index in [1.54, 1.807) is 12.4 Å². The van der Waals surface area contributed by atoms with Crippen molar-refractivity contribution in [1.29, 1.82) is 0 Å². The Morgan fingerprint density at radius 2 is 2.59 bits per heavy atom. The fourth-order valence-electron chi connectivity index (χ4n) is 2.17. The summed E-state index contributed by atoms with van der Waals surface area (Å²) in [6.45, 7) is 3.99. The van der Waals surface area contributed by atoms with Gasteiger partial charge in [0.25, 0.3) is 0 Å². The molecule has 4 nitrogen and oxygen atoms in total. The first-order chi connectivity index (χ1) is 8.25. The van der Waals surface area contributed by atoms with E-state index < -0.39 is 0 Å². The Kier molecular flexibility index (Phi) is 4.09. The van der Waals surface area contributed by atoms with Gasteiger partial charge in [-0.05, 0) is 44.0 Å². The highest BCUT2D eigenvalue weighted by Gasteiger charge is 2.19. The van der Waals surface area contributed by atoms with E-state index in [0.717, 1.165) is 25.1 Å². The van der Waals surface area contributed by atoms with Gasteiger partial charge < -0.3 is 10.6 Å². The van der Waals surface area contributed by atoms with Crippen molar-refractivity contribution >= 4 is 5.91 Å². The summed E-state index contributed by atoms with van der Waals surface area (Å²) in [5.41, 5.74) is 1.05. The highest BCUT2D eigenvalue weighted by atomic mass is 16.1. The Balaban J connectivity index is 1.81. The second-order valence-corrected chi connectivity index (χ2v) is 4.64. The first-order valence-corrected chi connectivity index (χ1v) is 6.15. The molecule has 0 radical (unpaired) electrons. The zero-order valence-corrected chi connectivity index (χ0v) is 10.1. The van der Waals surface area contributed by atoms with Crippen LogP contribution in [0.1, 0.15) is 31.4 Å². The number of amides is 1. The van der Waals surface area contributed by atoms with Crippen molar-refractivity contribution in [2.45, 2.75) is 25.8 Å². The lowest BCUT2D eigenvalue weighted by atomic mass is 10.0. The smallest absolute Gasteiger partial charge is 0.220 e. The first-order valence-electron chi connectivity index (χ1n) is 6.15. The molecule has 92 valence electrons. The van der Waals surface area contributed by atoms with E-state index >= 15 is 0 Å². The largest absolute Gasteiger partial charge is 0.350 e. The molecule has 1 amide bonds. The summed E-state index contributed by atoms with van der Waals surface area (Å²) >= 11 is 0. The zero-order valence-electron chi connectivity index (χ0n) is 10.1. The predicted molar refractivity (Wildman–Crippen MR) is 66.4 cm³/mol. The number of nitrogens with one attached hydrogen (secondary N) is 2. The molecule has 0 saturated carbocycles. The molecule has 2 atom stereocenters. The molecule has 1 saturated heterocycles. The van der Waals surface area contributed by atoms with Gasteiger partial charge in [-0.2, -0.15) is 0 Å². The molecule has 2 N–H and O–H groups in total. The van der Waals surface area contributed by atoms with Crippen LogP contribution >= 0.6 is 0 Å². The molecular formula is C13H19N3O. The summed E-state index contributed by atoms with van der Waals surface area (Å²) in [6.07, 6.45) is 5.26. The van der Waals surface area contributed by atoms with E-state index in [0.29, 0.717) is 12.3 Å². The lowest BCUT2D eigenvalue weighted by Gasteiger charge is -2.15. The quantitative estimate of drug-likeness (QED) is 0.823. The van der Waals surface area contributed by atoms with Crippen LogP contribution in [-0.4, -0.2) is 24.0 Å². The second kappa shape index (κ2) is 5.77. The maximum Gasteiger partial charge on any atom is 0.220 e. The number of nitrogens with zero attached hydrogens (tertiary/aromatic N) is 1. The van der Waals surface area contributed by atoms with Crippen molar-refractivity contribution in [3.05, 3.63) is 30.1 Å². The number of pyridine rings is 1. The van der Waals surface area contributed by atoms with Crippen molar-refractivity contribution in [2.24, 2.45) is 5.92 Å². The maximum atomic E-state index is 11.8. The fourth-order valence-corrected chi connectivity index (χ4v) is 2.17. The van der Waals surface area contributed by atoms with E-state index in [4.69, 9.17) is 0 Å². The van der Waals surface area contributed by atoms with Gasteiger partial charge in [-0.1, -0.05) is 6.07 Å². The molecule has 1 aliphatic rings. The molecule has 0 bridgehead atoms. The summed E-state index contributed by atoms with van der Waals surface area (Å²) in [5.74, 6) is 0.631. The van der Waals surface area contributed by atoms with Crippen LogP contribution in [-0.2, 0) is 4.79 Å². The van der Waals surface area contributed by atoms with Crippen LogP contribution in [0.25, 0.3) is 0 Å². The van der Waals surface area contributed by atoms with Gasteiger partial charge in [0, 0.05) is 18.8 Å². The van der Waals surface area contributed by atoms with Crippen molar-refractivity contribution in [3.8, 4) is 0 Å². The summed E-state index contributed by atoms with van der Waals surface area (Å²) in [4.78, 5) is 15.9. The first kappa shape index (κ1) is 12.0. The molecule has 0 aromatic carbocycles. The van der Waals surface area contributed by atoms with Crippen molar-refractivity contribution in [1.82, 2.24) is 15.6 Å². The van der Waals surface area contributed by atoms with E-state index in [1.807, 2.05) is 19.1 Å². The number of carbonyl (C=O) groups excluding carboxylic acids is 1. The van der Waals surface area contributed by atoms with E-state index in [9.17, 15) is 4.79 Å². The third kappa shape index (κ3) is 3.53. The molecule has 2 heterocycles. The fraction of sp³-hybridized carbons (Fsp3) is 0.538. The zero-order chi connectivity index (χ0) is 12.1. The maximum absolute atomic E-state index is 11.8. The van der Waals surface area contributed by atoms with Crippen molar-refractivity contribution < 1.29 is 4.79 Å². The lowest BCUT2D eigenvalue weighted by Crippen LogP contribution is -2.28. The van der Waals surface area contributed by atoms with Gasteiger partial charge in [-0.25, -0.2) is 0 Å². The summed E-state index contributed by atoms with van der Waals surface area (Å²) in [6, 6.07) is 3.90. The molecule has 4 heteroatoms. The number of aromatic nitrogens is 1. The Labute approximate surface area is 102 Å². The van der Waals surface area contributed by atoms with E-state index in [1.165, 1.54) is 0 Å². The van der Waals surface area contributed by atoms with Crippen LogP contribution in [0.15, 0.2) is 24.5 Å². The van der Waals surface area contributed by atoms with Crippen LogP contribution in [0.4, 0.5) is 0 Å². The molecule has 1 fully saturated rings. The van der Waals surface area contributed by atoms with E-state index in [2.05, 4.69) is 15.6 Å². The van der Waals surface area contributed by atoms with Crippen LogP contribution in [0.2, 0.25) is 0 Å². The molecule has 1 aromatic heterocycles. The van der Waals surface area contributed by atoms with Gasteiger partial charge in [0.1, 0.15) is 0 Å². The lowest BCUT2D eigenvalue weighted by molar-refractivity contribution is -0.122. The van der Waals surface area contributed by atoms with E-state index in [-0.39, 0.29) is 11.9 Å². The molecule has 1 aliphatic heterocycles. The summed E-state index contributed by atoms with van der Waals surface area (Å²) in [5, 5.41) is 6.29. The summed E-state index contributed by atoms with van der Waals surface area (Å²) < 4.78 is 0. The molecule has 17 heavy (non-hydrogen) atoms. The van der Waals surface area contributed by atoms with Crippen LogP contribution in [0, 0.1) is 5.92 Å². The van der Waals surface area contributed by atoms with Gasteiger partial charge >= 0.3 is 0 Å². The summed E-state index contributed by atoms with van der Waals surface area (Å²) in [7, 11) is 0. The Morgan fingerprint density at radius 3 is 3.24 bits per heavy atom. The van der Waals surface area contributed by atoms with Gasteiger partial charge in [0.2, 0.25) is 5.91 Å². The average molecular weight is 233 g/mol. The van der Waals surface area contributed by atoms with Crippen LogP contribution < -0.4 is 10.6 Å². The minimum Gasteiger partial charge on any atom is -0.350 e. The number of carbonyl (C=O) groups is 1. The molecule has 0 aliphatic carbocycles. The Hall–Kier alpha value is -1.42. The van der Waals surface area contributed by atoms with Gasteiger partial charge in [-0.15, -0.1) is 0 Å². The standard InChI is InChI=1S/C13H19N3O/c1-10(12-3-2-5-14-9-12)16-13(17)7-11-4-6-15-8-11/h2-3,5,9-11,15H,4,6-8H2,1H3,(H,16,17). The average Bonchev–Trinajstić information content (AvgIpc) is 2.82. The monoisotopic (exact) mass is 233 g/mol. The topological polar surface area (TPSA) is 54.0 Å². The van der Waals surface area contributed by atoms with Crippen LogP contribution in [0.3, 0.4) is 0 Å². The third-order valence-corrected chi connectivity index (χ3v) is 3.20. The number of rotatable bonds is 4. The molecular weight excluding hydrogens is 214 g/mol. The predicted octanol–water partition coefficient (Wildman–Crippen LogP) is 1.26. The van der Waals surface area contributed by atoms with Gasteiger partial charge in [-0.3, -0.25) is 9.78 Å². The van der Waals surface area contributed by atoms with Crippen LogP contribution in [0.5, 0.6) is 0 Å². The third-order valence-electron chi connectivity index (χ3n) is 3.20. The highest BCUT2D eigenvalue weighted by molar-refractivity contribution is 5.76. The Morgan fingerprint density at radius 1 is 1.71 bits per heavy atom. The number of hydrogen-bond donors (Lipinski definition) is 2. The minimum absolute atomic E-state index is 0.0329. The molecule has 2 unspecified atom stereocenters. The number of hydrogen-bond acceptors (Lipinski definition) is 3. The second-order valence-electron chi connectivity index (χ2n) is 4.64. The van der Waals surface area contributed by atoms with Crippen molar-refractivity contribution in [3.63, 3.8) is 0 Å². The van der Waals surface area contributed by atoms with Gasteiger partial charge in [0.05, 0.1) is 6.04 Å². The molecule has 2 rings (SSSR count). The Bertz CT molecular complexity index is 360. The normalized spacial score (nSPS) is 21.1. The SMILES string of the molecule is CC(NC(=O)CC1CCNC1)c1cccnc1. The molecule has 1 aromatic rings. The van der Waals surface area contributed by atoms with Crippen molar-refractivity contribution in [2.75, 3.05) is 13.1 Å². The van der Waals surface area contributed by atoms with Gasteiger partial charge in [0.15, 0.2) is 0 Å². The minimum atomic E-state index is 0.0329. The molecule has 0 spiro atoms.